The zero-order valence-corrected chi connectivity index (χ0v) is 12.0. The van der Waals surface area contributed by atoms with Gasteiger partial charge in [-0.2, -0.15) is 0 Å². The molecule has 106 valence electrons. The molecule has 1 aromatic carbocycles. The van der Waals surface area contributed by atoms with Crippen LogP contribution in [0.4, 0.5) is 0 Å². The molecule has 1 fully saturated rings. The standard InChI is InChI=1S/C16H26N2O/c1-3-18(15-8-6-14(17)7-9-15)12(2)13-4-10-16(19)11-5-13/h4-5,10-12,14-15,19H,3,6-9,17H2,1-2H3. The van der Waals surface area contributed by atoms with Gasteiger partial charge in [-0.1, -0.05) is 19.1 Å². The van der Waals surface area contributed by atoms with Gasteiger partial charge in [-0.15, -0.1) is 0 Å². The van der Waals surface area contributed by atoms with Crippen LogP contribution in [0.1, 0.15) is 51.1 Å². The molecule has 1 aromatic rings. The highest BCUT2D eigenvalue weighted by molar-refractivity contribution is 5.27. The minimum Gasteiger partial charge on any atom is -0.508 e. The van der Waals surface area contributed by atoms with Gasteiger partial charge in [0, 0.05) is 18.1 Å². The molecule has 0 radical (unpaired) electrons. The highest BCUT2D eigenvalue weighted by Crippen LogP contribution is 2.30. The van der Waals surface area contributed by atoms with E-state index in [9.17, 15) is 5.11 Å². The molecule has 3 heteroatoms. The van der Waals surface area contributed by atoms with E-state index in [0.717, 1.165) is 19.4 Å². The van der Waals surface area contributed by atoms with Crippen molar-refractivity contribution in [3.05, 3.63) is 29.8 Å². The molecule has 2 rings (SSSR count). The van der Waals surface area contributed by atoms with Gasteiger partial charge in [-0.3, -0.25) is 4.90 Å². The van der Waals surface area contributed by atoms with Crippen molar-refractivity contribution in [3.63, 3.8) is 0 Å². The number of rotatable bonds is 4. The Hall–Kier alpha value is -1.06. The van der Waals surface area contributed by atoms with Crippen molar-refractivity contribution in [2.24, 2.45) is 5.73 Å². The van der Waals surface area contributed by atoms with Gasteiger partial charge in [0.15, 0.2) is 0 Å². The van der Waals surface area contributed by atoms with Crippen LogP contribution in [-0.4, -0.2) is 28.6 Å². The summed E-state index contributed by atoms with van der Waals surface area (Å²) in [5.41, 5.74) is 7.27. The lowest BCUT2D eigenvalue weighted by atomic mass is 9.89. The van der Waals surface area contributed by atoms with E-state index in [1.807, 2.05) is 12.1 Å². The fraction of sp³-hybridized carbons (Fsp3) is 0.625. The first kappa shape index (κ1) is 14.4. The molecule has 0 bridgehead atoms. The number of benzene rings is 1. The van der Waals surface area contributed by atoms with Crippen LogP contribution in [-0.2, 0) is 0 Å². The van der Waals surface area contributed by atoms with Crippen molar-refractivity contribution in [1.29, 1.82) is 0 Å². The van der Waals surface area contributed by atoms with Crippen molar-refractivity contribution in [1.82, 2.24) is 4.90 Å². The van der Waals surface area contributed by atoms with Crippen LogP contribution in [0.2, 0.25) is 0 Å². The van der Waals surface area contributed by atoms with Crippen LogP contribution >= 0.6 is 0 Å². The van der Waals surface area contributed by atoms with Gasteiger partial charge < -0.3 is 10.8 Å². The molecular weight excluding hydrogens is 236 g/mol. The summed E-state index contributed by atoms with van der Waals surface area (Å²) >= 11 is 0. The number of phenols is 1. The molecule has 1 unspecified atom stereocenters. The third-order valence-corrected chi connectivity index (χ3v) is 4.45. The number of aromatic hydroxyl groups is 1. The van der Waals surface area contributed by atoms with Crippen LogP contribution in [0.3, 0.4) is 0 Å². The first-order chi connectivity index (χ1) is 9.11. The molecule has 0 amide bonds. The lowest BCUT2D eigenvalue weighted by Crippen LogP contribution is -2.42. The quantitative estimate of drug-likeness (QED) is 0.877. The van der Waals surface area contributed by atoms with E-state index in [0.29, 0.717) is 23.9 Å². The maximum absolute atomic E-state index is 9.38. The second-order valence-electron chi connectivity index (χ2n) is 5.67. The highest BCUT2D eigenvalue weighted by Gasteiger charge is 2.26. The minimum atomic E-state index is 0.336. The topological polar surface area (TPSA) is 49.5 Å². The Balaban J connectivity index is 2.06. The van der Waals surface area contributed by atoms with Crippen LogP contribution in [0.25, 0.3) is 0 Å². The Labute approximate surface area is 116 Å². The van der Waals surface area contributed by atoms with E-state index in [-0.39, 0.29) is 0 Å². The largest absolute Gasteiger partial charge is 0.508 e. The molecule has 19 heavy (non-hydrogen) atoms. The predicted molar refractivity (Wildman–Crippen MR) is 79.1 cm³/mol. The van der Waals surface area contributed by atoms with Gasteiger partial charge in [-0.05, 0) is 56.8 Å². The smallest absolute Gasteiger partial charge is 0.115 e. The Morgan fingerprint density at radius 2 is 1.79 bits per heavy atom. The van der Waals surface area contributed by atoms with Crippen molar-refractivity contribution in [3.8, 4) is 5.75 Å². The summed E-state index contributed by atoms with van der Waals surface area (Å²) in [6.45, 7) is 5.54. The molecule has 0 aliphatic heterocycles. The van der Waals surface area contributed by atoms with Crippen molar-refractivity contribution < 1.29 is 5.11 Å². The molecule has 3 nitrogen and oxygen atoms in total. The number of nitrogens with two attached hydrogens (primary N) is 1. The van der Waals surface area contributed by atoms with Gasteiger partial charge in [0.1, 0.15) is 5.75 Å². The summed E-state index contributed by atoms with van der Waals surface area (Å²) in [7, 11) is 0. The lowest BCUT2D eigenvalue weighted by Gasteiger charge is -2.39. The zero-order chi connectivity index (χ0) is 13.8. The van der Waals surface area contributed by atoms with Crippen molar-refractivity contribution in [2.75, 3.05) is 6.54 Å². The summed E-state index contributed by atoms with van der Waals surface area (Å²) in [6.07, 6.45) is 4.70. The molecule has 0 saturated heterocycles. The van der Waals surface area contributed by atoms with Crippen LogP contribution in [0.5, 0.6) is 5.75 Å². The van der Waals surface area contributed by atoms with Crippen molar-refractivity contribution in [2.45, 2.75) is 57.7 Å². The highest BCUT2D eigenvalue weighted by atomic mass is 16.3. The number of phenolic OH excluding ortho intramolecular Hbond substituents is 1. The fourth-order valence-electron chi connectivity index (χ4n) is 3.23. The summed E-state index contributed by atoms with van der Waals surface area (Å²) in [5, 5.41) is 9.38. The van der Waals surface area contributed by atoms with Gasteiger partial charge in [0.2, 0.25) is 0 Å². The Bertz CT molecular complexity index is 382. The summed E-state index contributed by atoms with van der Waals surface area (Å²) in [6, 6.07) is 9.04. The molecule has 1 aliphatic rings. The monoisotopic (exact) mass is 262 g/mol. The van der Waals surface area contributed by atoms with E-state index in [4.69, 9.17) is 5.73 Å². The zero-order valence-electron chi connectivity index (χ0n) is 12.0. The van der Waals surface area contributed by atoms with Gasteiger partial charge in [0.25, 0.3) is 0 Å². The SMILES string of the molecule is CCN(C1CCC(N)CC1)C(C)c1ccc(O)cc1. The van der Waals surface area contributed by atoms with Gasteiger partial charge in [0.05, 0.1) is 0 Å². The predicted octanol–water partition coefficient (Wildman–Crippen LogP) is 3.05. The third-order valence-electron chi connectivity index (χ3n) is 4.45. The lowest BCUT2D eigenvalue weighted by molar-refractivity contribution is 0.114. The van der Waals surface area contributed by atoms with E-state index in [1.165, 1.54) is 18.4 Å². The normalized spacial score (nSPS) is 25.5. The molecule has 1 atom stereocenters. The Morgan fingerprint density at radius 1 is 1.21 bits per heavy atom. The average molecular weight is 262 g/mol. The van der Waals surface area contributed by atoms with E-state index >= 15 is 0 Å². The maximum Gasteiger partial charge on any atom is 0.115 e. The van der Waals surface area contributed by atoms with E-state index in [2.05, 4.69) is 18.7 Å². The molecule has 0 aromatic heterocycles. The molecule has 3 N–H and O–H groups in total. The minimum absolute atomic E-state index is 0.336. The first-order valence-corrected chi connectivity index (χ1v) is 7.42. The number of hydrogen-bond acceptors (Lipinski definition) is 3. The number of hydrogen-bond donors (Lipinski definition) is 2. The van der Waals surface area contributed by atoms with Crippen LogP contribution < -0.4 is 5.73 Å². The van der Waals surface area contributed by atoms with Gasteiger partial charge in [-0.25, -0.2) is 0 Å². The first-order valence-electron chi connectivity index (χ1n) is 7.42. The summed E-state index contributed by atoms with van der Waals surface area (Å²) < 4.78 is 0. The maximum atomic E-state index is 9.38. The number of nitrogens with zero attached hydrogens (tertiary/aromatic N) is 1. The van der Waals surface area contributed by atoms with Crippen LogP contribution in [0.15, 0.2) is 24.3 Å². The summed E-state index contributed by atoms with van der Waals surface area (Å²) in [5.74, 6) is 0.336. The Morgan fingerprint density at radius 3 is 2.32 bits per heavy atom. The van der Waals surface area contributed by atoms with Crippen molar-refractivity contribution >= 4 is 0 Å². The fourth-order valence-corrected chi connectivity index (χ4v) is 3.23. The average Bonchev–Trinajstić information content (AvgIpc) is 2.42. The molecular formula is C16H26N2O. The van der Waals surface area contributed by atoms with Crippen LogP contribution in [0, 0.1) is 0 Å². The second-order valence-corrected chi connectivity index (χ2v) is 5.67. The third kappa shape index (κ3) is 3.48. The van der Waals surface area contributed by atoms with E-state index < -0.39 is 0 Å². The molecule has 0 spiro atoms. The van der Waals surface area contributed by atoms with Gasteiger partial charge >= 0.3 is 0 Å². The molecule has 1 saturated carbocycles. The summed E-state index contributed by atoms with van der Waals surface area (Å²) in [4.78, 5) is 2.57. The molecule has 1 aliphatic carbocycles. The second kappa shape index (κ2) is 6.40. The van der Waals surface area contributed by atoms with E-state index in [1.54, 1.807) is 12.1 Å². The molecule has 0 heterocycles. The Kier molecular flexibility index (Phi) is 4.83.